The molecule has 1 aromatic heterocycles. The molecule has 1 aromatic carbocycles. The van der Waals surface area contributed by atoms with E-state index in [0.717, 1.165) is 0 Å². The number of nitrogens with one attached hydrogen (secondary N) is 1. The van der Waals surface area contributed by atoms with E-state index in [1.165, 1.54) is 12.3 Å². The van der Waals surface area contributed by atoms with Crippen molar-refractivity contribution in [3.8, 4) is 0 Å². The highest BCUT2D eigenvalue weighted by Crippen LogP contribution is 2.23. The minimum Gasteiger partial charge on any atom is -0.480 e. The molecule has 2 aromatic rings. The lowest BCUT2D eigenvalue weighted by Gasteiger charge is -2.20. The molecule has 2 rings (SSSR count). The predicted octanol–water partition coefficient (Wildman–Crippen LogP) is 2.01. The van der Waals surface area contributed by atoms with E-state index < -0.39 is 22.0 Å². The van der Waals surface area contributed by atoms with Crippen molar-refractivity contribution in [2.75, 3.05) is 0 Å². The third-order valence-electron chi connectivity index (χ3n) is 3.69. The van der Waals surface area contributed by atoms with E-state index in [9.17, 15) is 18.3 Å². The lowest BCUT2D eigenvalue weighted by atomic mass is 10.0. The molecule has 0 saturated carbocycles. The van der Waals surface area contributed by atoms with Crippen molar-refractivity contribution in [3.63, 3.8) is 0 Å². The van der Waals surface area contributed by atoms with Gasteiger partial charge in [0.1, 0.15) is 6.04 Å². The van der Waals surface area contributed by atoms with Gasteiger partial charge in [0.2, 0.25) is 10.0 Å². The quantitative estimate of drug-likeness (QED) is 0.848. The van der Waals surface area contributed by atoms with Gasteiger partial charge in [-0.25, -0.2) is 8.42 Å². The predicted molar refractivity (Wildman–Crippen MR) is 82.9 cm³/mol. The third-order valence-corrected chi connectivity index (χ3v) is 5.19. The molecule has 1 heterocycles. The summed E-state index contributed by atoms with van der Waals surface area (Å²) in [6.45, 7) is 3.52. The summed E-state index contributed by atoms with van der Waals surface area (Å²) in [4.78, 5) is 15.4. The van der Waals surface area contributed by atoms with Gasteiger partial charge in [-0.1, -0.05) is 32.4 Å². The second-order valence-electron chi connectivity index (χ2n) is 5.18. The molecular formula is C15H18N2O4S. The van der Waals surface area contributed by atoms with Crippen LogP contribution in [0.1, 0.15) is 20.3 Å². The lowest BCUT2D eigenvalue weighted by Crippen LogP contribution is -2.44. The Morgan fingerprint density at radius 1 is 1.36 bits per heavy atom. The zero-order valence-corrected chi connectivity index (χ0v) is 13.2. The van der Waals surface area contributed by atoms with Crippen LogP contribution < -0.4 is 4.72 Å². The zero-order chi connectivity index (χ0) is 16.3. The van der Waals surface area contributed by atoms with Gasteiger partial charge in [0, 0.05) is 23.2 Å². The number of sulfonamides is 1. The molecule has 7 heteroatoms. The first-order valence-electron chi connectivity index (χ1n) is 6.94. The lowest BCUT2D eigenvalue weighted by molar-refractivity contribution is -0.140. The standard InChI is InChI=1S/C15H18N2O4S/c1-3-10(2)14(15(18)19)17-22(20,21)13-6-4-5-11-9-16-8-7-12(11)13/h4-10,14,17H,3H2,1-2H3,(H,18,19)/t10-,14-/m0/s1. The maximum atomic E-state index is 12.6. The number of carbonyl (C=O) groups is 1. The molecule has 0 aliphatic rings. The molecule has 2 N–H and O–H groups in total. The van der Waals surface area contributed by atoms with Crippen LogP contribution in [0.25, 0.3) is 10.8 Å². The van der Waals surface area contributed by atoms with E-state index in [1.807, 2.05) is 6.92 Å². The molecule has 0 spiro atoms. The highest BCUT2D eigenvalue weighted by Gasteiger charge is 2.30. The number of nitrogens with zero attached hydrogens (tertiary/aromatic N) is 1. The number of hydrogen-bond acceptors (Lipinski definition) is 4. The monoisotopic (exact) mass is 322 g/mol. The molecule has 118 valence electrons. The number of carboxylic acid groups (broad SMARTS) is 1. The summed E-state index contributed by atoms with van der Waals surface area (Å²) in [7, 11) is -3.94. The number of hydrogen-bond donors (Lipinski definition) is 2. The molecule has 22 heavy (non-hydrogen) atoms. The van der Waals surface area contributed by atoms with Gasteiger partial charge < -0.3 is 5.11 Å². The van der Waals surface area contributed by atoms with E-state index in [-0.39, 0.29) is 10.8 Å². The Morgan fingerprint density at radius 3 is 2.73 bits per heavy atom. The van der Waals surface area contributed by atoms with Gasteiger partial charge in [0.05, 0.1) is 4.90 Å². The Morgan fingerprint density at radius 2 is 2.09 bits per heavy atom. The maximum absolute atomic E-state index is 12.6. The Labute approximate surface area is 129 Å². The average molecular weight is 322 g/mol. The summed E-state index contributed by atoms with van der Waals surface area (Å²) in [6, 6.07) is 5.26. The normalized spacial score (nSPS) is 14.6. The average Bonchev–Trinajstić information content (AvgIpc) is 2.51. The van der Waals surface area contributed by atoms with Crippen molar-refractivity contribution in [3.05, 3.63) is 36.7 Å². The van der Waals surface area contributed by atoms with E-state index in [1.54, 1.807) is 31.3 Å². The summed E-state index contributed by atoms with van der Waals surface area (Å²) in [6.07, 6.45) is 3.63. The van der Waals surface area contributed by atoms with Crippen LogP contribution >= 0.6 is 0 Å². The number of fused-ring (bicyclic) bond motifs is 1. The topological polar surface area (TPSA) is 96.4 Å². The van der Waals surface area contributed by atoms with E-state index in [4.69, 9.17) is 0 Å². The SMILES string of the molecule is CC[C@H](C)[C@H](NS(=O)(=O)c1cccc2cnccc12)C(=O)O. The summed E-state index contributed by atoms with van der Waals surface area (Å²) >= 11 is 0. The number of aliphatic carboxylic acids is 1. The third kappa shape index (κ3) is 3.26. The number of carboxylic acids is 1. The molecule has 0 radical (unpaired) electrons. The van der Waals surface area contributed by atoms with Gasteiger partial charge in [-0.15, -0.1) is 0 Å². The molecular weight excluding hydrogens is 304 g/mol. The Balaban J connectivity index is 2.47. The molecule has 0 bridgehead atoms. The van der Waals surface area contributed by atoms with Crippen LogP contribution in [0.2, 0.25) is 0 Å². The Hall–Kier alpha value is -1.99. The molecule has 6 nitrogen and oxygen atoms in total. The Bertz CT molecular complexity index is 784. The first kappa shape index (κ1) is 16.4. The van der Waals surface area contributed by atoms with Gasteiger partial charge in [0.25, 0.3) is 0 Å². The van der Waals surface area contributed by atoms with Crippen molar-refractivity contribution in [2.45, 2.75) is 31.2 Å². The van der Waals surface area contributed by atoms with Crippen LogP contribution in [0.4, 0.5) is 0 Å². The number of aromatic nitrogens is 1. The smallest absolute Gasteiger partial charge is 0.322 e. The maximum Gasteiger partial charge on any atom is 0.322 e. The molecule has 0 unspecified atom stereocenters. The fourth-order valence-electron chi connectivity index (χ4n) is 2.20. The van der Waals surface area contributed by atoms with Crippen LogP contribution in [-0.2, 0) is 14.8 Å². The van der Waals surface area contributed by atoms with Gasteiger partial charge in [-0.05, 0) is 18.1 Å². The summed E-state index contributed by atoms with van der Waals surface area (Å²) < 4.78 is 27.5. The van der Waals surface area contributed by atoms with Crippen LogP contribution in [-0.4, -0.2) is 30.5 Å². The van der Waals surface area contributed by atoms with Crippen LogP contribution in [0.5, 0.6) is 0 Å². The molecule has 0 aliphatic carbocycles. The summed E-state index contributed by atoms with van der Waals surface area (Å²) in [5.41, 5.74) is 0. The van der Waals surface area contributed by atoms with Gasteiger partial charge in [-0.3, -0.25) is 9.78 Å². The number of pyridine rings is 1. The highest BCUT2D eigenvalue weighted by molar-refractivity contribution is 7.89. The fourth-order valence-corrected chi connectivity index (χ4v) is 3.73. The van der Waals surface area contributed by atoms with Crippen molar-refractivity contribution in [1.29, 1.82) is 0 Å². The van der Waals surface area contributed by atoms with Crippen LogP contribution in [0.15, 0.2) is 41.6 Å². The van der Waals surface area contributed by atoms with Crippen LogP contribution in [0, 0.1) is 5.92 Å². The first-order valence-corrected chi connectivity index (χ1v) is 8.43. The van der Waals surface area contributed by atoms with Crippen molar-refractivity contribution in [2.24, 2.45) is 5.92 Å². The second kappa shape index (κ2) is 6.41. The van der Waals surface area contributed by atoms with E-state index in [2.05, 4.69) is 9.71 Å². The molecule has 0 fully saturated rings. The second-order valence-corrected chi connectivity index (χ2v) is 6.86. The molecule has 0 saturated heterocycles. The number of benzene rings is 1. The molecule has 0 aliphatic heterocycles. The van der Waals surface area contributed by atoms with Gasteiger partial charge in [0.15, 0.2) is 0 Å². The Kier molecular flexibility index (Phi) is 4.77. The zero-order valence-electron chi connectivity index (χ0n) is 12.4. The van der Waals surface area contributed by atoms with Gasteiger partial charge >= 0.3 is 5.97 Å². The summed E-state index contributed by atoms with van der Waals surface area (Å²) in [5.74, 6) is -1.50. The molecule has 0 amide bonds. The van der Waals surface area contributed by atoms with E-state index >= 15 is 0 Å². The van der Waals surface area contributed by atoms with Crippen LogP contribution in [0.3, 0.4) is 0 Å². The largest absolute Gasteiger partial charge is 0.480 e. The highest BCUT2D eigenvalue weighted by atomic mass is 32.2. The first-order chi connectivity index (χ1) is 10.4. The van der Waals surface area contributed by atoms with Gasteiger partial charge in [-0.2, -0.15) is 4.72 Å². The van der Waals surface area contributed by atoms with Crippen molar-refractivity contribution < 1.29 is 18.3 Å². The van der Waals surface area contributed by atoms with Crippen molar-refractivity contribution in [1.82, 2.24) is 9.71 Å². The molecule has 2 atom stereocenters. The minimum absolute atomic E-state index is 0.0574. The van der Waals surface area contributed by atoms with Crippen molar-refractivity contribution >= 4 is 26.8 Å². The minimum atomic E-state index is -3.94. The fraction of sp³-hybridized carbons (Fsp3) is 0.333. The summed E-state index contributed by atoms with van der Waals surface area (Å²) in [5, 5.41) is 10.5. The number of rotatable bonds is 6. The van der Waals surface area contributed by atoms with E-state index in [0.29, 0.717) is 17.2 Å².